The van der Waals surface area contributed by atoms with Gasteiger partial charge in [-0.1, -0.05) is 12.1 Å². The van der Waals surface area contributed by atoms with Gasteiger partial charge in [0.25, 0.3) is 5.56 Å². The van der Waals surface area contributed by atoms with Crippen LogP contribution < -0.4 is 11.2 Å². The Morgan fingerprint density at radius 3 is 2.52 bits per heavy atom. The van der Waals surface area contributed by atoms with E-state index in [9.17, 15) is 19.1 Å². The first kappa shape index (κ1) is 14.7. The zero-order chi connectivity index (χ0) is 15.6. The summed E-state index contributed by atoms with van der Waals surface area (Å²) in [5, 5.41) is 18.9. The Bertz CT molecular complexity index is 815. The van der Waals surface area contributed by atoms with Crippen molar-refractivity contribution in [3.05, 3.63) is 68.2 Å². The van der Waals surface area contributed by atoms with E-state index in [1.54, 1.807) is 6.07 Å². The number of aryl methyl sites for hydroxylation is 1. The van der Waals surface area contributed by atoms with E-state index in [1.165, 1.54) is 31.3 Å². The SMILES string of the molecule is Cn1cc(C#N)c(=O)n(C[C@@H](O)c2ccc(F)cc2)c1=O. The van der Waals surface area contributed by atoms with E-state index in [2.05, 4.69) is 0 Å². The normalized spacial score (nSPS) is 11.9. The molecule has 1 N–H and O–H groups in total. The molecule has 0 aliphatic heterocycles. The highest BCUT2D eigenvalue weighted by Gasteiger charge is 2.15. The molecule has 108 valence electrons. The molecule has 1 atom stereocenters. The number of hydrogen-bond acceptors (Lipinski definition) is 4. The summed E-state index contributed by atoms with van der Waals surface area (Å²) in [6.07, 6.45) is -0.0178. The average molecular weight is 289 g/mol. The highest BCUT2D eigenvalue weighted by Crippen LogP contribution is 2.14. The first-order chi connectivity index (χ1) is 9.93. The highest BCUT2D eigenvalue weighted by molar-refractivity contribution is 5.23. The van der Waals surface area contributed by atoms with Gasteiger partial charge in [0.05, 0.1) is 12.6 Å². The maximum absolute atomic E-state index is 12.8. The lowest BCUT2D eigenvalue weighted by Gasteiger charge is -2.13. The van der Waals surface area contributed by atoms with Crippen LogP contribution in [0, 0.1) is 17.1 Å². The highest BCUT2D eigenvalue weighted by atomic mass is 19.1. The second kappa shape index (κ2) is 5.73. The molecule has 0 saturated heterocycles. The Hall–Kier alpha value is -2.72. The lowest BCUT2D eigenvalue weighted by Crippen LogP contribution is -2.41. The molecule has 2 rings (SSSR count). The van der Waals surface area contributed by atoms with Crippen molar-refractivity contribution in [2.75, 3.05) is 0 Å². The molecule has 0 saturated carbocycles. The molecule has 7 heteroatoms. The number of aromatic nitrogens is 2. The molecule has 0 fully saturated rings. The average Bonchev–Trinajstić information content (AvgIpc) is 2.47. The van der Waals surface area contributed by atoms with Crippen LogP contribution in [-0.2, 0) is 13.6 Å². The van der Waals surface area contributed by atoms with Gasteiger partial charge in [0.2, 0.25) is 0 Å². The maximum atomic E-state index is 12.8. The fourth-order valence-corrected chi connectivity index (χ4v) is 1.93. The van der Waals surface area contributed by atoms with E-state index < -0.39 is 23.2 Å². The van der Waals surface area contributed by atoms with Crippen molar-refractivity contribution in [2.45, 2.75) is 12.6 Å². The molecule has 1 heterocycles. The molecular formula is C14H12FN3O3. The minimum absolute atomic E-state index is 0.191. The van der Waals surface area contributed by atoms with E-state index >= 15 is 0 Å². The quantitative estimate of drug-likeness (QED) is 0.879. The molecule has 0 bridgehead atoms. The van der Waals surface area contributed by atoms with Gasteiger partial charge < -0.3 is 9.67 Å². The lowest BCUT2D eigenvalue weighted by atomic mass is 10.1. The maximum Gasteiger partial charge on any atom is 0.330 e. The minimum Gasteiger partial charge on any atom is -0.387 e. The Labute approximate surface area is 118 Å². The Morgan fingerprint density at radius 1 is 1.33 bits per heavy atom. The molecule has 0 unspecified atom stereocenters. The van der Waals surface area contributed by atoms with Gasteiger partial charge in [-0.25, -0.2) is 9.18 Å². The summed E-state index contributed by atoms with van der Waals surface area (Å²) in [5.41, 5.74) is -1.22. The van der Waals surface area contributed by atoms with Crippen LogP contribution in [0.2, 0.25) is 0 Å². The van der Waals surface area contributed by atoms with E-state index in [0.717, 1.165) is 15.3 Å². The first-order valence-corrected chi connectivity index (χ1v) is 6.08. The van der Waals surface area contributed by atoms with Gasteiger partial charge in [0, 0.05) is 13.2 Å². The van der Waals surface area contributed by atoms with Gasteiger partial charge in [0.15, 0.2) is 0 Å². The van der Waals surface area contributed by atoms with Crippen molar-refractivity contribution in [3.63, 3.8) is 0 Å². The fraction of sp³-hybridized carbons (Fsp3) is 0.214. The van der Waals surface area contributed by atoms with Crippen LogP contribution in [0.25, 0.3) is 0 Å². The molecule has 21 heavy (non-hydrogen) atoms. The number of hydrogen-bond donors (Lipinski definition) is 1. The van der Waals surface area contributed by atoms with Crippen LogP contribution in [0.1, 0.15) is 17.2 Å². The summed E-state index contributed by atoms with van der Waals surface area (Å²) in [6, 6.07) is 6.77. The van der Waals surface area contributed by atoms with Crippen LogP contribution >= 0.6 is 0 Å². The third-order valence-electron chi connectivity index (χ3n) is 3.06. The number of halogens is 1. The second-order valence-electron chi connectivity index (χ2n) is 4.53. The van der Waals surface area contributed by atoms with Crippen LogP contribution in [0.15, 0.2) is 40.1 Å². The summed E-state index contributed by atoms with van der Waals surface area (Å²) in [5.74, 6) is -0.453. The van der Waals surface area contributed by atoms with Gasteiger partial charge >= 0.3 is 5.69 Å². The van der Waals surface area contributed by atoms with Crippen LogP contribution in [0.4, 0.5) is 4.39 Å². The predicted octanol–water partition coefficient (Wildman–Crippen LogP) is 0.291. The number of rotatable bonds is 3. The van der Waals surface area contributed by atoms with Crippen LogP contribution in [-0.4, -0.2) is 14.2 Å². The summed E-state index contributed by atoms with van der Waals surface area (Å²) in [4.78, 5) is 23.9. The monoisotopic (exact) mass is 289 g/mol. The van der Waals surface area contributed by atoms with Gasteiger partial charge in [-0.15, -0.1) is 0 Å². The Balaban J connectivity index is 2.42. The lowest BCUT2D eigenvalue weighted by molar-refractivity contribution is 0.152. The van der Waals surface area contributed by atoms with E-state index in [-0.39, 0.29) is 12.1 Å². The number of benzene rings is 1. The second-order valence-corrected chi connectivity index (χ2v) is 4.53. The van der Waals surface area contributed by atoms with Crippen molar-refractivity contribution >= 4 is 0 Å². The summed E-state index contributed by atoms with van der Waals surface area (Å²) < 4.78 is 14.7. The first-order valence-electron chi connectivity index (χ1n) is 6.08. The third kappa shape index (κ3) is 2.90. The Kier molecular flexibility index (Phi) is 4.00. The van der Waals surface area contributed by atoms with Gasteiger partial charge in [-0.3, -0.25) is 9.36 Å². The summed E-state index contributed by atoms with van der Waals surface area (Å²) in [6.45, 7) is -0.313. The summed E-state index contributed by atoms with van der Waals surface area (Å²) >= 11 is 0. The standard InChI is InChI=1S/C14H12FN3O3/c1-17-7-10(6-16)13(20)18(14(17)21)8-12(19)9-2-4-11(15)5-3-9/h2-5,7,12,19H,8H2,1H3/t12-/m1/s1. The van der Waals surface area contributed by atoms with Gasteiger partial charge in [-0.2, -0.15) is 5.26 Å². The largest absolute Gasteiger partial charge is 0.387 e. The molecular weight excluding hydrogens is 277 g/mol. The molecule has 0 aliphatic carbocycles. The van der Waals surface area contributed by atoms with Crippen molar-refractivity contribution in [2.24, 2.45) is 7.05 Å². The minimum atomic E-state index is -1.16. The number of aliphatic hydroxyl groups excluding tert-OH is 1. The van der Waals surface area contributed by atoms with Gasteiger partial charge in [0.1, 0.15) is 17.4 Å². The number of nitrogens with zero attached hydrogens (tertiary/aromatic N) is 3. The number of aliphatic hydroxyl groups is 1. The third-order valence-corrected chi connectivity index (χ3v) is 3.06. The molecule has 6 nitrogen and oxygen atoms in total. The van der Waals surface area contributed by atoms with E-state index in [0.29, 0.717) is 5.56 Å². The molecule has 1 aromatic heterocycles. The molecule has 0 amide bonds. The van der Waals surface area contributed by atoms with E-state index in [1.807, 2.05) is 0 Å². The topological polar surface area (TPSA) is 88.0 Å². The van der Waals surface area contributed by atoms with E-state index in [4.69, 9.17) is 5.26 Å². The number of nitriles is 1. The fourth-order valence-electron chi connectivity index (χ4n) is 1.93. The zero-order valence-corrected chi connectivity index (χ0v) is 11.2. The van der Waals surface area contributed by atoms with Gasteiger partial charge in [-0.05, 0) is 17.7 Å². The summed E-state index contributed by atoms with van der Waals surface area (Å²) in [7, 11) is 1.41. The Morgan fingerprint density at radius 2 is 1.95 bits per heavy atom. The zero-order valence-electron chi connectivity index (χ0n) is 11.2. The molecule has 0 aliphatic rings. The smallest absolute Gasteiger partial charge is 0.330 e. The molecule has 1 aromatic carbocycles. The van der Waals surface area contributed by atoms with Crippen molar-refractivity contribution in [1.82, 2.24) is 9.13 Å². The van der Waals surface area contributed by atoms with Crippen LogP contribution in [0.3, 0.4) is 0 Å². The molecule has 2 aromatic rings. The predicted molar refractivity (Wildman–Crippen MR) is 72.0 cm³/mol. The van der Waals surface area contributed by atoms with Crippen molar-refractivity contribution in [3.8, 4) is 6.07 Å². The molecule has 0 radical (unpaired) electrons. The molecule has 0 spiro atoms. The van der Waals surface area contributed by atoms with Crippen molar-refractivity contribution < 1.29 is 9.50 Å². The van der Waals surface area contributed by atoms with Crippen LogP contribution in [0.5, 0.6) is 0 Å². The van der Waals surface area contributed by atoms with Crippen molar-refractivity contribution in [1.29, 1.82) is 5.26 Å².